The fourth-order valence-electron chi connectivity index (χ4n) is 2.35. The van der Waals surface area contributed by atoms with Crippen LogP contribution >= 0.6 is 0 Å². The summed E-state index contributed by atoms with van der Waals surface area (Å²) in [5.41, 5.74) is 1.16. The summed E-state index contributed by atoms with van der Waals surface area (Å²) in [6.45, 7) is 6.47. The number of anilines is 1. The summed E-state index contributed by atoms with van der Waals surface area (Å²) in [7, 11) is 0. The number of nitrogens with zero attached hydrogens (tertiary/aromatic N) is 2. The van der Waals surface area contributed by atoms with Crippen LogP contribution in [0.2, 0.25) is 0 Å². The van der Waals surface area contributed by atoms with E-state index in [1.54, 1.807) is 0 Å². The van der Waals surface area contributed by atoms with Crippen LogP contribution < -0.4 is 10.6 Å². The Balaban J connectivity index is 2.07. The van der Waals surface area contributed by atoms with Crippen molar-refractivity contribution in [1.29, 1.82) is 0 Å². The van der Waals surface area contributed by atoms with Gasteiger partial charge < -0.3 is 10.6 Å². The molecule has 18 heavy (non-hydrogen) atoms. The van der Waals surface area contributed by atoms with Gasteiger partial charge in [-0.2, -0.15) is 0 Å². The molecule has 4 heteroatoms. The second-order valence-electron chi connectivity index (χ2n) is 4.95. The van der Waals surface area contributed by atoms with Gasteiger partial charge in [-0.15, -0.1) is 0 Å². The molecular weight excluding hydrogens is 224 g/mol. The Bertz CT molecular complexity index is 372. The molecule has 1 aromatic rings. The molecule has 2 rings (SSSR count). The molecule has 1 aliphatic heterocycles. The summed E-state index contributed by atoms with van der Waals surface area (Å²) in [4.78, 5) is 9.15. The molecule has 0 saturated carbocycles. The van der Waals surface area contributed by atoms with E-state index >= 15 is 0 Å². The largest absolute Gasteiger partial charge is 0.366 e. The van der Waals surface area contributed by atoms with Gasteiger partial charge in [0.25, 0.3) is 0 Å². The molecule has 0 aromatic carbocycles. The number of hydrogen-bond donors (Lipinski definition) is 2. The third-order valence-corrected chi connectivity index (χ3v) is 3.30. The first kappa shape index (κ1) is 13.3. The lowest BCUT2D eigenvalue weighted by molar-refractivity contribution is 0.478. The van der Waals surface area contributed by atoms with Crippen molar-refractivity contribution in [3.05, 3.63) is 17.6 Å². The number of aromatic nitrogens is 2. The Hall–Kier alpha value is -1.16. The summed E-state index contributed by atoms with van der Waals surface area (Å²) in [6, 6.07) is 2.62. The van der Waals surface area contributed by atoms with Gasteiger partial charge in [-0.05, 0) is 25.8 Å². The Labute approximate surface area is 110 Å². The van der Waals surface area contributed by atoms with Crippen molar-refractivity contribution in [1.82, 2.24) is 15.3 Å². The van der Waals surface area contributed by atoms with Crippen LogP contribution in [-0.4, -0.2) is 29.1 Å². The standard InChI is InChI=1S/C14H24N4/c1-3-6-11-9-14(18-13(4-2)16-11)17-12-7-5-8-15-10-12/h9,12,15H,3-8,10H2,1-2H3,(H,16,17,18). The van der Waals surface area contributed by atoms with E-state index in [-0.39, 0.29) is 0 Å². The molecule has 1 aromatic heterocycles. The van der Waals surface area contributed by atoms with Crippen molar-refractivity contribution in [2.24, 2.45) is 0 Å². The predicted octanol–water partition coefficient (Wildman–Crippen LogP) is 2.16. The van der Waals surface area contributed by atoms with Crippen molar-refractivity contribution in [2.45, 2.75) is 52.0 Å². The lowest BCUT2D eigenvalue weighted by atomic mass is 10.1. The molecule has 2 N–H and O–H groups in total. The van der Waals surface area contributed by atoms with E-state index in [9.17, 15) is 0 Å². The number of piperidine rings is 1. The molecule has 0 aliphatic carbocycles. The Morgan fingerprint density at radius 3 is 2.94 bits per heavy atom. The van der Waals surface area contributed by atoms with Gasteiger partial charge in [0.2, 0.25) is 0 Å². The maximum absolute atomic E-state index is 4.58. The van der Waals surface area contributed by atoms with E-state index in [4.69, 9.17) is 0 Å². The highest BCUT2D eigenvalue weighted by Gasteiger charge is 2.13. The van der Waals surface area contributed by atoms with Gasteiger partial charge >= 0.3 is 0 Å². The minimum absolute atomic E-state index is 0.507. The van der Waals surface area contributed by atoms with Gasteiger partial charge in [-0.3, -0.25) is 0 Å². The molecule has 0 bridgehead atoms. The van der Waals surface area contributed by atoms with Crippen molar-refractivity contribution in [3.8, 4) is 0 Å². The normalized spacial score (nSPS) is 19.8. The van der Waals surface area contributed by atoms with E-state index in [0.29, 0.717) is 6.04 Å². The Morgan fingerprint density at radius 1 is 1.39 bits per heavy atom. The fraction of sp³-hybridized carbons (Fsp3) is 0.714. The second kappa shape index (κ2) is 6.69. The highest BCUT2D eigenvalue weighted by molar-refractivity contribution is 5.37. The highest BCUT2D eigenvalue weighted by atomic mass is 15.1. The average Bonchev–Trinajstić information content (AvgIpc) is 2.40. The molecular formula is C14H24N4. The highest BCUT2D eigenvalue weighted by Crippen LogP contribution is 2.13. The van der Waals surface area contributed by atoms with Crippen LogP contribution in [0.5, 0.6) is 0 Å². The predicted molar refractivity (Wildman–Crippen MR) is 74.9 cm³/mol. The summed E-state index contributed by atoms with van der Waals surface area (Å²) < 4.78 is 0. The topological polar surface area (TPSA) is 49.8 Å². The van der Waals surface area contributed by atoms with Crippen LogP contribution in [0.1, 0.15) is 44.6 Å². The van der Waals surface area contributed by atoms with Gasteiger partial charge in [-0.25, -0.2) is 9.97 Å². The van der Waals surface area contributed by atoms with E-state index in [2.05, 4.69) is 40.5 Å². The second-order valence-corrected chi connectivity index (χ2v) is 4.95. The van der Waals surface area contributed by atoms with E-state index < -0.39 is 0 Å². The zero-order chi connectivity index (χ0) is 12.8. The van der Waals surface area contributed by atoms with E-state index in [1.165, 1.54) is 12.8 Å². The van der Waals surface area contributed by atoms with Crippen molar-refractivity contribution < 1.29 is 0 Å². The number of aryl methyl sites for hydroxylation is 2. The van der Waals surface area contributed by atoms with Crippen LogP contribution in [0.3, 0.4) is 0 Å². The molecule has 1 aliphatic rings. The molecule has 1 unspecified atom stereocenters. The maximum Gasteiger partial charge on any atom is 0.130 e. The zero-order valence-corrected chi connectivity index (χ0v) is 11.5. The SMILES string of the molecule is CCCc1cc(NC2CCCNC2)nc(CC)n1. The zero-order valence-electron chi connectivity index (χ0n) is 11.5. The fourth-order valence-corrected chi connectivity index (χ4v) is 2.35. The van der Waals surface area contributed by atoms with Crippen molar-refractivity contribution in [2.75, 3.05) is 18.4 Å². The lowest BCUT2D eigenvalue weighted by Crippen LogP contribution is -2.38. The lowest BCUT2D eigenvalue weighted by Gasteiger charge is -2.24. The number of hydrogen-bond acceptors (Lipinski definition) is 4. The van der Waals surface area contributed by atoms with Gasteiger partial charge in [-0.1, -0.05) is 20.3 Å². The van der Waals surface area contributed by atoms with Gasteiger partial charge in [0, 0.05) is 30.8 Å². The first-order chi connectivity index (χ1) is 8.81. The number of nitrogens with one attached hydrogen (secondary N) is 2. The summed E-state index contributed by atoms with van der Waals surface area (Å²) in [5, 5.41) is 6.96. The van der Waals surface area contributed by atoms with E-state index in [0.717, 1.165) is 49.7 Å². The molecule has 1 fully saturated rings. The van der Waals surface area contributed by atoms with Crippen molar-refractivity contribution in [3.63, 3.8) is 0 Å². The minimum Gasteiger partial charge on any atom is -0.366 e. The molecule has 1 atom stereocenters. The molecule has 2 heterocycles. The van der Waals surface area contributed by atoms with Gasteiger partial charge in [0.15, 0.2) is 0 Å². The molecule has 0 amide bonds. The summed E-state index contributed by atoms with van der Waals surface area (Å²) >= 11 is 0. The molecule has 100 valence electrons. The van der Waals surface area contributed by atoms with Gasteiger partial charge in [0.05, 0.1) is 0 Å². The van der Waals surface area contributed by atoms with Crippen LogP contribution in [-0.2, 0) is 12.8 Å². The van der Waals surface area contributed by atoms with Crippen LogP contribution in [0.15, 0.2) is 6.07 Å². The Kier molecular flexibility index (Phi) is 4.93. The minimum atomic E-state index is 0.507. The van der Waals surface area contributed by atoms with Crippen molar-refractivity contribution >= 4 is 5.82 Å². The smallest absolute Gasteiger partial charge is 0.130 e. The molecule has 1 saturated heterocycles. The molecule has 0 spiro atoms. The third kappa shape index (κ3) is 3.67. The first-order valence-electron chi connectivity index (χ1n) is 7.16. The Morgan fingerprint density at radius 2 is 2.28 bits per heavy atom. The maximum atomic E-state index is 4.58. The van der Waals surface area contributed by atoms with E-state index in [1.807, 2.05) is 0 Å². The van der Waals surface area contributed by atoms with Crippen LogP contribution in [0.4, 0.5) is 5.82 Å². The first-order valence-corrected chi connectivity index (χ1v) is 7.16. The quantitative estimate of drug-likeness (QED) is 0.838. The third-order valence-electron chi connectivity index (χ3n) is 3.30. The number of rotatable bonds is 5. The molecule has 0 radical (unpaired) electrons. The van der Waals surface area contributed by atoms with Gasteiger partial charge in [0.1, 0.15) is 11.6 Å². The average molecular weight is 248 g/mol. The summed E-state index contributed by atoms with van der Waals surface area (Å²) in [5.74, 6) is 1.95. The molecule has 4 nitrogen and oxygen atoms in total. The van der Waals surface area contributed by atoms with Crippen LogP contribution in [0.25, 0.3) is 0 Å². The monoisotopic (exact) mass is 248 g/mol. The summed E-state index contributed by atoms with van der Waals surface area (Å²) in [6.07, 6.45) is 5.53. The van der Waals surface area contributed by atoms with Crippen LogP contribution in [0, 0.1) is 0 Å².